The van der Waals surface area contributed by atoms with Crippen LogP contribution in [0.5, 0.6) is 0 Å². The Hall–Kier alpha value is -1.62. The van der Waals surface area contributed by atoms with Gasteiger partial charge in [0.1, 0.15) is 5.69 Å². The lowest BCUT2D eigenvalue weighted by Crippen LogP contribution is -2.42. The molecule has 1 rings (SSSR count). The molecule has 0 unspecified atom stereocenters. The van der Waals surface area contributed by atoms with Gasteiger partial charge in [-0.15, -0.1) is 0 Å². The van der Waals surface area contributed by atoms with Gasteiger partial charge in [0.25, 0.3) is 5.91 Å². The van der Waals surface area contributed by atoms with E-state index in [1.165, 1.54) is 12.3 Å². The number of nitrogens with one attached hydrogen (secondary N) is 2. The maximum atomic E-state index is 11.7. The fourth-order valence-electron chi connectivity index (χ4n) is 1.39. The van der Waals surface area contributed by atoms with Gasteiger partial charge in [0.2, 0.25) is 5.91 Å². The van der Waals surface area contributed by atoms with Crippen molar-refractivity contribution in [3.63, 3.8) is 0 Å². The topological polar surface area (TPSA) is 71.1 Å². The van der Waals surface area contributed by atoms with Crippen LogP contribution in [0.4, 0.5) is 0 Å². The van der Waals surface area contributed by atoms with E-state index in [1.54, 1.807) is 6.07 Å². The molecule has 0 saturated heterocycles. The van der Waals surface area contributed by atoms with Gasteiger partial charge in [-0.1, -0.05) is 11.6 Å². The molecular weight excluding hydrogens is 266 g/mol. The minimum absolute atomic E-state index is 0.105. The smallest absolute Gasteiger partial charge is 0.269 e. The van der Waals surface area contributed by atoms with Crippen molar-refractivity contribution in [3.05, 3.63) is 29.0 Å². The van der Waals surface area contributed by atoms with Crippen molar-refractivity contribution in [3.8, 4) is 0 Å². The molecular formula is C13H18ClN3O2. The van der Waals surface area contributed by atoms with Gasteiger partial charge in [0.05, 0.1) is 0 Å². The Morgan fingerprint density at radius 1 is 1.37 bits per heavy atom. The van der Waals surface area contributed by atoms with E-state index < -0.39 is 0 Å². The first-order valence-corrected chi connectivity index (χ1v) is 6.36. The minimum atomic E-state index is -0.342. The van der Waals surface area contributed by atoms with E-state index in [4.69, 9.17) is 11.6 Å². The maximum absolute atomic E-state index is 11.7. The normalized spacial score (nSPS) is 10.9. The second kappa shape index (κ2) is 6.52. The summed E-state index contributed by atoms with van der Waals surface area (Å²) in [6.45, 7) is 5.97. The summed E-state index contributed by atoms with van der Waals surface area (Å²) in [5.41, 5.74) is -0.0287. The zero-order valence-corrected chi connectivity index (χ0v) is 12.0. The van der Waals surface area contributed by atoms with Crippen molar-refractivity contribution in [2.24, 2.45) is 0 Å². The minimum Gasteiger partial charge on any atom is -0.351 e. The van der Waals surface area contributed by atoms with Crippen LogP contribution >= 0.6 is 11.6 Å². The largest absolute Gasteiger partial charge is 0.351 e. The lowest BCUT2D eigenvalue weighted by atomic mass is 10.1. The van der Waals surface area contributed by atoms with Crippen LogP contribution in [0.15, 0.2) is 18.3 Å². The number of aromatic nitrogens is 1. The van der Waals surface area contributed by atoms with E-state index in [0.29, 0.717) is 5.02 Å². The average Bonchev–Trinajstić information content (AvgIpc) is 2.26. The van der Waals surface area contributed by atoms with Crippen molar-refractivity contribution >= 4 is 23.4 Å². The van der Waals surface area contributed by atoms with Gasteiger partial charge in [0.15, 0.2) is 0 Å². The van der Waals surface area contributed by atoms with Gasteiger partial charge >= 0.3 is 0 Å². The van der Waals surface area contributed by atoms with Gasteiger partial charge in [-0.2, -0.15) is 0 Å². The Labute approximate surface area is 117 Å². The van der Waals surface area contributed by atoms with E-state index >= 15 is 0 Å². The molecule has 2 amide bonds. The SMILES string of the molecule is CC(C)(C)NC(=O)CCNC(=O)c1cc(Cl)ccn1. The van der Waals surface area contributed by atoms with Gasteiger partial charge in [0, 0.05) is 29.7 Å². The second-order valence-electron chi connectivity index (χ2n) is 5.16. The summed E-state index contributed by atoms with van der Waals surface area (Å²) in [6, 6.07) is 3.07. The summed E-state index contributed by atoms with van der Waals surface area (Å²) in [7, 11) is 0. The molecule has 2 N–H and O–H groups in total. The Morgan fingerprint density at radius 3 is 2.63 bits per heavy atom. The number of carbonyl (C=O) groups excluding carboxylic acids is 2. The number of nitrogens with zero attached hydrogens (tertiary/aromatic N) is 1. The number of hydrogen-bond donors (Lipinski definition) is 2. The maximum Gasteiger partial charge on any atom is 0.269 e. The molecule has 0 aliphatic carbocycles. The van der Waals surface area contributed by atoms with Crippen LogP contribution in [0.3, 0.4) is 0 Å². The standard InChI is InChI=1S/C13H18ClN3O2/c1-13(2,3)17-11(18)5-7-16-12(19)10-8-9(14)4-6-15-10/h4,6,8H,5,7H2,1-3H3,(H,16,19)(H,17,18). The molecule has 1 aromatic heterocycles. The molecule has 1 aromatic rings. The first-order valence-electron chi connectivity index (χ1n) is 5.99. The highest BCUT2D eigenvalue weighted by molar-refractivity contribution is 6.30. The van der Waals surface area contributed by atoms with Crippen molar-refractivity contribution in [2.45, 2.75) is 32.7 Å². The zero-order chi connectivity index (χ0) is 14.5. The molecule has 0 spiro atoms. The van der Waals surface area contributed by atoms with E-state index in [-0.39, 0.29) is 36.0 Å². The van der Waals surface area contributed by atoms with Gasteiger partial charge in [-0.3, -0.25) is 14.6 Å². The molecule has 19 heavy (non-hydrogen) atoms. The van der Waals surface area contributed by atoms with E-state index in [0.717, 1.165) is 0 Å². The molecule has 0 radical (unpaired) electrons. The third kappa shape index (κ3) is 6.20. The Morgan fingerprint density at radius 2 is 2.05 bits per heavy atom. The highest BCUT2D eigenvalue weighted by Crippen LogP contribution is 2.07. The lowest BCUT2D eigenvalue weighted by Gasteiger charge is -2.20. The highest BCUT2D eigenvalue weighted by atomic mass is 35.5. The first kappa shape index (κ1) is 15.4. The molecule has 0 aromatic carbocycles. The summed E-state index contributed by atoms with van der Waals surface area (Å²) in [4.78, 5) is 27.1. The van der Waals surface area contributed by atoms with E-state index in [9.17, 15) is 9.59 Å². The third-order valence-corrected chi connectivity index (χ3v) is 2.34. The Kier molecular flexibility index (Phi) is 5.30. The molecule has 0 aliphatic rings. The predicted octanol–water partition coefficient (Wildman–Crippen LogP) is 1.77. The van der Waals surface area contributed by atoms with Crippen LogP contribution in [-0.4, -0.2) is 28.9 Å². The summed E-state index contributed by atoms with van der Waals surface area (Å²) >= 11 is 5.76. The molecule has 0 saturated carbocycles. The van der Waals surface area contributed by atoms with E-state index in [1.807, 2.05) is 20.8 Å². The summed E-state index contributed by atoms with van der Waals surface area (Å²) in [5, 5.41) is 5.89. The van der Waals surface area contributed by atoms with Crippen LogP contribution in [-0.2, 0) is 4.79 Å². The molecule has 5 nitrogen and oxygen atoms in total. The summed E-state index contributed by atoms with van der Waals surface area (Å²) in [6.07, 6.45) is 1.69. The van der Waals surface area contributed by atoms with Crippen LogP contribution in [0.25, 0.3) is 0 Å². The molecule has 0 aliphatic heterocycles. The molecule has 0 bridgehead atoms. The fraction of sp³-hybridized carbons (Fsp3) is 0.462. The molecule has 1 heterocycles. The highest BCUT2D eigenvalue weighted by Gasteiger charge is 2.14. The average molecular weight is 284 g/mol. The van der Waals surface area contributed by atoms with Gasteiger partial charge in [-0.25, -0.2) is 0 Å². The molecule has 0 fully saturated rings. The molecule has 6 heteroatoms. The van der Waals surface area contributed by atoms with Gasteiger partial charge < -0.3 is 10.6 Å². The Bertz CT molecular complexity index is 469. The molecule has 104 valence electrons. The van der Waals surface area contributed by atoms with Crippen LogP contribution in [0.2, 0.25) is 5.02 Å². The monoisotopic (exact) mass is 283 g/mol. The predicted molar refractivity (Wildman–Crippen MR) is 74.1 cm³/mol. The number of rotatable bonds is 4. The number of carbonyl (C=O) groups is 2. The number of amides is 2. The number of halogens is 1. The van der Waals surface area contributed by atoms with E-state index in [2.05, 4.69) is 15.6 Å². The van der Waals surface area contributed by atoms with Crippen LogP contribution in [0.1, 0.15) is 37.7 Å². The fourth-order valence-corrected chi connectivity index (χ4v) is 1.55. The molecule has 0 atom stereocenters. The Balaban J connectivity index is 2.37. The number of pyridine rings is 1. The van der Waals surface area contributed by atoms with Gasteiger partial charge in [-0.05, 0) is 32.9 Å². The van der Waals surface area contributed by atoms with Crippen molar-refractivity contribution in [2.75, 3.05) is 6.54 Å². The lowest BCUT2D eigenvalue weighted by molar-refractivity contribution is -0.122. The van der Waals surface area contributed by atoms with Crippen molar-refractivity contribution < 1.29 is 9.59 Å². The second-order valence-corrected chi connectivity index (χ2v) is 5.60. The first-order chi connectivity index (χ1) is 8.78. The number of hydrogen-bond acceptors (Lipinski definition) is 3. The van der Waals surface area contributed by atoms with Crippen LogP contribution in [0, 0.1) is 0 Å². The summed E-state index contributed by atoms with van der Waals surface area (Å²) in [5.74, 6) is -0.446. The quantitative estimate of drug-likeness (QED) is 0.885. The van der Waals surface area contributed by atoms with Crippen molar-refractivity contribution in [1.29, 1.82) is 0 Å². The zero-order valence-electron chi connectivity index (χ0n) is 11.3. The van der Waals surface area contributed by atoms with Crippen molar-refractivity contribution in [1.82, 2.24) is 15.6 Å². The van der Waals surface area contributed by atoms with Crippen LogP contribution < -0.4 is 10.6 Å². The summed E-state index contributed by atoms with van der Waals surface area (Å²) < 4.78 is 0. The third-order valence-electron chi connectivity index (χ3n) is 2.11.